The van der Waals surface area contributed by atoms with Crippen LogP contribution in [0.1, 0.15) is 51.8 Å². The van der Waals surface area contributed by atoms with E-state index in [-0.39, 0.29) is 28.5 Å². The summed E-state index contributed by atoms with van der Waals surface area (Å²) in [7, 11) is -1.61. The highest BCUT2D eigenvalue weighted by Crippen LogP contribution is 2.44. The molecule has 1 aromatic carbocycles. The molecule has 1 unspecified atom stereocenters. The fourth-order valence-corrected chi connectivity index (χ4v) is 6.56. The van der Waals surface area contributed by atoms with Gasteiger partial charge < -0.3 is 15.0 Å². The second kappa shape index (κ2) is 11.8. The summed E-state index contributed by atoms with van der Waals surface area (Å²) in [5.41, 5.74) is 3.23. The molecule has 1 aliphatic heterocycles. The first kappa shape index (κ1) is 30.2. The number of ether oxygens (including phenoxy) is 1. The van der Waals surface area contributed by atoms with Crippen molar-refractivity contribution in [1.29, 1.82) is 0 Å². The molecular formula is C30H32ClN3O6S2. The maximum Gasteiger partial charge on any atom is 0.276 e. The molecular weight excluding hydrogens is 598 g/mol. The molecule has 3 aliphatic rings. The van der Waals surface area contributed by atoms with E-state index in [1.807, 2.05) is 12.1 Å². The number of sulfone groups is 1. The van der Waals surface area contributed by atoms with E-state index < -0.39 is 21.1 Å². The number of nitrogens with one attached hydrogen (secondary N) is 1. The fraction of sp³-hybridized carbons (Fsp3) is 0.400. The van der Waals surface area contributed by atoms with Crippen LogP contribution < -0.4 is 10.1 Å². The van der Waals surface area contributed by atoms with Gasteiger partial charge in [0.25, 0.3) is 17.7 Å². The van der Waals surface area contributed by atoms with Crippen LogP contribution in [0.5, 0.6) is 5.75 Å². The van der Waals surface area contributed by atoms with Crippen LogP contribution in [0.3, 0.4) is 0 Å². The number of thiophene rings is 1. The Morgan fingerprint density at radius 2 is 2.02 bits per heavy atom. The third kappa shape index (κ3) is 6.85. The number of benzene rings is 1. The lowest BCUT2D eigenvalue weighted by molar-refractivity contribution is -0.117. The number of allylic oxidation sites excluding steroid dienone is 2. The molecule has 5 rings (SSSR count). The number of hydrogen-bond donors (Lipinski definition) is 1. The minimum absolute atomic E-state index is 0.163. The largest absolute Gasteiger partial charge is 0.493 e. The van der Waals surface area contributed by atoms with Crippen molar-refractivity contribution in [3.63, 3.8) is 0 Å². The lowest BCUT2D eigenvalue weighted by Crippen LogP contribution is -2.34. The molecule has 0 spiro atoms. The second-order valence-electron chi connectivity index (χ2n) is 11.3. The van der Waals surface area contributed by atoms with Gasteiger partial charge in [0.05, 0.1) is 22.6 Å². The lowest BCUT2D eigenvalue weighted by Gasteiger charge is -2.26. The van der Waals surface area contributed by atoms with Crippen molar-refractivity contribution in [1.82, 2.24) is 10.2 Å². The van der Waals surface area contributed by atoms with Crippen molar-refractivity contribution in [2.75, 3.05) is 32.2 Å². The van der Waals surface area contributed by atoms with Gasteiger partial charge in [-0.25, -0.2) is 13.4 Å². The van der Waals surface area contributed by atoms with E-state index in [1.165, 1.54) is 16.2 Å². The molecule has 0 radical (unpaired) electrons. The first-order valence-corrected chi connectivity index (χ1v) is 16.9. The molecule has 12 heteroatoms. The van der Waals surface area contributed by atoms with E-state index >= 15 is 0 Å². The van der Waals surface area contributed by atoms with Crippen molar-refractivity contribution in [3.05, 3.63) is 63.7 Å². The molecule has 0 saturated heterocycles. The average molecular weight is 630 g/mol. The van der Waals surface area contributed by atoms with Crippen LogP contribution in [-0.2, 0) is 21.1 Å². The Balaban J connectivity index is 1.34. The van der Waals surface area contributed by atoms with Crippen LogP contribution in [0.15, 0.2) is 52.7 Å². The number of rotatable bonds is 8. The molecule has 2 aliphatic carbocycles. The van der Waals surface area contributed by atoms with Crippen LogP contribution in [0, 0.1) is 5.41 Å². The third-order valence-electron chi connectivity index (χ3n) is 7.61. The van der Waals surface area contributed by atoms with Gasteiger partial charge in [0, 0.05) is 59.8 Å². The first-order chi connectivity index (χ1) is 19.8. The summed E-state index contributed by atoms with van der Waals surface area (Å²) in [6, 6.07) is 6.81. The molecule has 3 amide bonds. The first-order valence-electron chi connectivity index (χ1n) is 13.6. The molecule has 0 bridgehead atoms. The molecule has 222 valence electrons. The Morgan fingerprint density at radius 3 is 2.74 bits per heavy atom. The van der Waals surface area contributed by atoms with Gasteiger partial charge in [-0.05, 0) is 60.6 Å². The zero-order valence-electron chi connectivity index (χ0n) is 23.6. The van der Waals surface area contributed by atoms with Crippen LogP contribution in [0.2, 0.25) is 0 Å². The molecule has 1 atom stereocenters. The molecule has 1 N–H and O–H groups in total. The number of halogens is 1. The van der Waals surface area contributed by atoms with Gasteiger partial charge in [-0.3, -0.25) is 14.4 Å². The van der Waals surface area contributed by atoms with E-state index in [0.29, 0.717) is 47.9 Å². The van der Waals surface area contributed by atoms with Gasteiger partial charge in [0.15, 0.2) is 9.84 Å². The Hall–Kier alpha value is -3.28. The highest BCUT2D eigenvalue weighted by Gasteiger charge is 2.37. The van der Waals surface area contributed by atoms with E-state index in [1.54, 1.807) is 31.3 Å². The van der Waals surface area contributed by atoms with Crippen molar-refractivity contribution in [2.24, 2.45) is 10.4 Å². The van der Waals surface area contributed by atoms with Crippen molar-refractivity contribution in [2.45, 2.75) is 38.0 Å². The van der Waals surface area contributed by atoms with E-state index in [2.05, 4.69) is 17.2 Å². The summed E-state index contributed by atoms with van der Waals surface area (Å²) in [5.74, 6) is -0.799. The number of carbonyl (C=O) groups is 3. The lowest BCUT2D eigenvalue weighted by atomic mass is 10.0. The highest BCUT2D eigenvalue weighted by molar-refractivity contribution is 7.91. The van der Waals surface area contributed by atoms with Gasteiger partial charge in [0.1, 0.15) is 5.75 Å². The zero-order valence-corrected chi connectivity index (χ0v) is 26.0. The molecule has 2 heterocycles. The molecule has 9 nitrogen and oxygen atoms in total. The second-order valence-corrected chi connectivity index (χ2v) is 15.0. The van der Waals surface area contributed by atoms with Gasteiger partial charge in [-0.1, -0.05) is 13.0 Å². The van der Waals surface area contributed by atoms with Crippen LogP contribution in [0.4, 0.5) is 0 Å². The Labute approximate surface area is 254 Å². The Bertz CT molecular complexity index is 1650. The van der Waals surface area contributed by atoms with Crippen molar-refractivity contribution >= 4 is 56.7 Å². The topological polar surface area (TPSA) is 122 Å². The van der Waals surface area contributed by atoms with Gasteiger partial charge in [0.2, 0.25) is 0 Å². The van der Waals surface area contributed by atoms with Gasteiger partial charge >= 0.3 is 0 Å². The maximum atomic E-state index is 13.6. The standard InChI is InChI=1S/C30H32ClN3O6S2/c1-30(9-10-30)17-33-28(36)19-5-7-22(31)23(14-19)34(2)29(37)25-16-18-8-12-40-24-15-20(4-6-21(24)26(18)41-25)27(35)32-11-13-42(3,38)39/h4-6,11,14-16,22H,7-10,12-13,17H2,1-3H3,(H,33,36). The van der Waals surface area contributed by atoms with Crippen LogP contribution in [-0.4, -0.2) is 74.8 Å². The molecule has 1 aromatic heterocycles. The minimum atomic E-state index is -3.28. The Kier molecular flexibility index (Phi) is 8.46. The summed E-state index contributed by atoms with van der Waals surface area (Å²) in [4.78, 5) is 45.6. The van der Waals surface area contributed by atoms with E-state index in [0.717, 1.165) is 41.3 Å². The number of alkyl halides is 1. The fourth-order valence-electron chi connectivity index (χ4n) is 4.70. The van der Waals surface area contributed by atoms with Crippen LogP contribution >= 0.6 is 22.9 Å². The molecule has 2 aromatic rings. The highest BCUT2D eigenvalue weighted by atomic mass is 35.5. The number of carbonyl (C=O) groups excluding carboxylic acids is 3. The quantitative estimate of drug-likeness (QED) is 0.341. The number of fused-ring (bicyclic) bond motifs is 3. The van der Waals surface area contributed by atoms with Crippen molar-refractivity contribution < 1.29 is 27.5 Å². The predicted molar refractivity (Wildman–Crippen MR) is 164 cm³/mol. The monoisotopic (exact) mass is 629 g/mol. The maximum absolute atomic E-state index is 13.6. The van der Waals surface area contributed by atoms with Gasteiger partial charge in [-0.2, -0.15) is 0 Å². The predicted octanol–water partition coefficient (Wildman–Crippen LogP) is 4.42. The third-order valence-corrected chi connectivity index (χ3v) is 9.97. The number of amides is 3. The SMILES string of the molecule is CN(C(=O)c1cc2c(s1)-c1ccc(C(=O)N=CCS(C)(=O)=O)cc1OCC2)C1=CC(C(=O)NCC2(C)CC2)=CCC1Cl. The number of aliphatic imine (C=N–C) groups is 1. The minimum Gasteiger partial charge on any atom is -0.493 e. The molecule has 42 heavy (non-hydrogen) atoms. The van der Waals surface area contributed by atoms with Crippen LogP contribution in [0.25, 0.3) is 10.4 Å². The Morgan fingerprint density at radius 1 is 1.26 bits per heavy atom. The number of nitrogens with zero attached hydrogens (tertiary/aromatic N) is 2. The van der Waals surface area contributed by atoms with E-state index in [4.69, 9.17) is 16.3 Å². The summed E-state index contributed by atoms with van der Waals surface area (Å²) >= 11 is 7.94. The molecule has 1 saturated carbocycles. The summed E-state index contributed by atoms with van der Waals surface area (Å²) in [6.07, 6.45) is 8.89. The summed E-state index contributed by atoms with van der Waals surface area (Å²) in [6.45, 7) is 3.13. The molecule has 1 fully saturated rings. The van der Waals surface area contributed by atoms with E-state index in [9.17, 15) is 22.8 Å². The van der Waals surface area contributed by atoms with Crippen molar-refractivity contribution in [3.8, 4) is 16.2 Å². The normalized spacial score (nSPS) is 19.0. The smallest absolute Gasteiger partial charge is 0.276 e. The summed E-state index contributed by atoms with van der Waals surface area (Å²) in [5, 5.41) is 2.56. The zero-order chi connectivity index (χ0) is 30.2. The number of hydrogen-bond acceptors (Lipinski definition) is 7. The van der Waals surface area contributed by atoms with Gasteiger partial charge in [-0.15, -0.1) is 22.9 Å². The average Bonchev–Trinajstić information content (AvgIpc) is 3.59. The summed E-state index contributed by atoms with van der Waals surface area (Å²) < 4.78 is 28.5.